The highest BCUT2D eigenvalue weighted by molar-refractivity contribution is 6.33. The average Bonchev–Trinajstić information content (AvgIpc) is 3.00. The summed E-state index contributed by atoms with van der Waals surface area (Å²) in [6.07, 6.45) is 0. The number of H-pyrrole nitrogens is 1. The number of pyridine rings is 1. The maximum absolute atomic E-state index is 12.3. The first-order valence-corrected chi connectivity index (χ1v) is 8.40. The predicted molar refractivity (Wildman–Crippen MR) is 100 cm³/mol. The van der Waals surface area contributed by atoms with Crippen molar-refractivity contribution in [1.29, 1.82) is 0 Å². The molecule has 5 heteroatoms. The van der Waals surface area contributed by atoms with Crippen LogP contribution in [0.1, 0.15) is 17.4 Å². The minimum absolute atomic E-state index is 0.272. The van der Waals surface area contributed by atoms with Crippen LogP contribution < -0.4 is 0 Å². The number of esters is 1. The fraction of sp³-hybridized carbons (Fsp3) is 0.100. The Labute approximate surface area is 149 Å². The molecule has 0 spiro atoms. The minimum atomic E-state index is -0.442. The summed E-state index contributed by atoms with van der Waals surface area (Å²) in [5.74, 6) is -0.442. The molecule has 0 radical (unpaired) electrons. The molecule has 0 saturated heterocycles. The Bertz CT molecular complexity index is 1100. The molecule has 0 bridgehead atoms. The molecule has 25 heavy (non-hydrogen) atoms. The molecule has 0 fully saturated rings. The quantitative estimate of drug-likeness (QED) is 0.516. The lowest BCUT2D eigenvalue weighted by atomic mass is 10.1. The summed E-state index contributed by atoms with van der Waals surface area (Å²) in [5, 5.41) is 2.53. The van der Waals surface area contributed by atoms with Gasteiger partial charge < -0.3 is 9.72 Å². The molecule has 2 aromatic heterocycles. The predicted octanol–water partition coefficient (Wildman–Crippen LogP) is 5.21. The molecule has 2 heterocycles. The van der Waals surface area contributed by atoms with Crippen LogP contribution in [0.15, 0.2) is 54.6 Å². The molecular weight excluding hydrogens is 336 g/mol. The van der Waals surface area contributed by atoms with Gasteiger partial charge in [0.05, 0.1) is 22.8 Å². The van der Waals surface area contributed by atoms with Gasteiger partial charge in [-0.15, -0.1) is 0 Å². The number of hydrogen-bond acceptors (Lipinski definition) is 3. The molecule has 0 saturated carbocycles. The van der Waals surface area contributed by atoms with Gasteiger partial charge in [-0.2, -0.15) is 0 Å². The van der Waals surface area contributed by atoms with Crippen LogP contribution in [-0.4, -0.2) is 22.5 Å². The standard InChI is InChI=1S/C20H15ClN2O2/c1-2-25-20(24)17-11-14-12-7-4-6-10-16(12)22-19(14)18(23-17)13-8-3-5-9-15(13)21/h3-11,22H,2H2,1H3. The molecule has 0 atom stereocenters. The molecule has 1 N–H and O–H groups in total. The fourth-order valence-corrected chi connectivity index (χ4v) is 3.23. The number of hydrogen-bond donors (Lipinski definition) is 1. The molecule has 4 aromatic rings. The number of ether oxygens (including phenoxy) is 1. The van der Waals surface area contributed by atoms with E-state index in [1.165, 1.54) is 0 Å². The highest BCUT2D eigenvalue weighted by Crippen LogP contribution is 2.35. The largest absolute Gasteiger partial charge is 0.461 e. The number of carbonyl (C=O) groups excluding carboxylic acids is 1. The number of aromatic nitrogens is 2. The van der Waals surface area contributed by atoms with Crippen LogP contribution in [0.3, 0.4) is 0 Å². The van der Waals surface area contributed by atoms with Crippen molar-refractivity contribution < 1.29 is 9.53 Å². The zero-order chi connectivity index (χ0) is 17.4. The van der Waals surface area contributed by atoms with Crippen LogP contribution in [0, 0.1) is 0 Å². The van der Waals surface area contributed by atoms with E-state index in [2.05, 4.69) is 9.97 Å². The first kappa shape index (κ1) is 15.7. The highest BCUT2D eigenvalue weighted by Gasteiger charge is 2.18. The molecular formula is C20H15ClN2O2. The minimum Gasteiger partial charge on any atom is -0.461 e. The number of nitrogens with one attached hydrogen (secondary N) is 1. The van der Waals surface area contributed by atoms with Crippen molar-refractivity contribution in [2.75, 3.05) is 6.61 Å². The van der Waals surface area contributed by atoms with Crippen molar-refractivity contribution in [3.05, 3.63) is 65.3 Å². The number of para-hydroxylation sites is 1. The Hall–Kier alpha value is -2.85. The number of aromatic amines is 1. The van der Waals surface area contributed by atoms with E-state index < -0.39 is 5.97 Å². The van der Waals surface area contributed by atoms with Gasteiger partial charge in [-0.1, -0.05) is 48.0 Å². The van der Waals surface area contributed by atoms with Gasteiger partial charge in [0.2, 0.25) is 0 Å². The Balaban J connectivity index is 2.09. The van der Waals surface area contributed by atoms with Gasteiger partial charge in [0.15, 0.2) is 0 Å². The molecule has 124 valence electrons. The number of halogens is 1. The fourth-order valence-electron chi connectivity index (χ4n) is 3.00. The monoisotopic (exact) mass is 350 g/mol. The number of nitrogens with zero attached hydrogens (tertiary/aromatic N) is 1. The normalized spacial score (nSPS) is 11.1. The van der Waals surface area contributed by atoms with E-state index in [-0.39, 0.29) is 5.69 Å². The summed E-state index contributed by atoms with van der Waals surface area (Å²) in [7, 11) is 0. The van der Waals surface area contributed by atoms with Crippen molar-refractivity contribution in [2.45, 2.75) is 6.92 Å². The van der Waals surface area contributed by atoms with Crippen molar-refractivity contribution in [3.8, 4) is 11.3 Å². The van der Waals surface area contributed by atoms with Crippen molar-refractivity contribution >= 4 is 39.4 Å². The Morgan fingerprint density at radius 1 is 1.12 bits per heavy atom. The van der Waals surface area contributed by atoms with Crippen LogP contribution in [0.2, 0.25) is 5.02 Å². The molecule has 0 amide bonds. The van der Waals surface area contributed by atoms with Gasteiger partial charge in [-0.05, 0) is 25.1 Å². The van der Waals surface area contributed by atoms with Gasteiger partial charge in [0.25, 0.3) is 0 Å². The maximum atomic E-state index is 12.3. The van der Waals surface area contributed by atoms with Gasteiger partial charge in [0.1, 0.15) is 5.69 Å². The van der Waals surface area contributed by atoms with Crippen LogP contribution in [0.25, 0.3) is 33.1 Å². The van der Waals surface area contributed by atoms with Crippen molar-refractivity contribution in [1.82, 2.24) is 9.97 Å². The SMILES string of the molecule is CCOC(=O)c1cc2c([nH]c3ccccc32)c(-c2ccccc2Cl)n1. The summed E-state index contributed by atoms with van der Waals surface area (Å²) in [5.41, 5.74) is 3.51. The molecule has 0 aliphatic carbocycles. The first-order valence-electron chi connectivity index (χ1n) is 8.02. The van der Waals surface area contributed by atoms with E-state index >= 15 is 0 Å². The van der Waals surface area contributed by atoms with Crippen LogP contribution in [-0.2, 0) is 4.74 Å². The van der Waals surface area contributed by atoms with E-state index in [9.17, 15) is 4.79 Å². The summed E-state index contributed by atoms with van der Waals surface area (Å²) in [6.45, 7) is 2.07. The summed E-state index contributed by atoms with van der Waals surface area (Å²) in [4.78, 5) is 20.2. The van der Waals surface area contributed by atoms with E-state index in [1.54, 1.807) is 13.0 Å². The van der Waals surface area contributed by atoms with Crippen LogP contribution in [0.4, 0.5) is 0 Å². The Morgan fingerprint density at radius 2 is 1.88 bits per heavy atom. The third-order valence-corrected chi connectivity index (χ3v) is 4.44. The molecule has 0 unspecified atom stereocenters. The summed E-state index contributed by atoms with van der Waals surface area (Å²) >= 11 is 6.38. The third-order valence-electron chi connectivity index (χ3n) is 4.11. The van der Waals surface area contributed by atoms with Crippen LogP contribution in [0.5, 0.6) is 0 Å². The Morgan fingerprint density at radius 3 is 2.68 bits per heavy atom. The zero-order valence-electron chi connectivity index (χ0n) is 13.5. The molecule has 0 aliphatic heterocycles. The zero-order valence-corrected chi connectivity index (χ0v) is 14.3. The first-order chi connectivity index (χ1) is 12.2. The van der Waals surface area contributed by atoms with Crippen molar-refractivity contribution in [2.24, 2.45) is 0 Å². The second-order valence-corrected chi connectivity index (χ2v) is 6.06. The average molecular weight is 351 g/mol. The molecule has 2 aromatic carbocycles. The molecule has 4 nitrogen and oxygen atoms in total. The van der Waals surface area contributed by atoms with Crippen LogP contribution >= 0.6 is 11.6 Å². The van der Waals surface area contributed by atoms with Gasteiger partial charge in [0, 0.05) is 21.9 Å². The highest BCUT2D eigenvalue weighted by atomic mass is 35.5. The van der Waals surface area contributed by atoms with E-state index in [0.717, 1.165) is 27.4 Å². The lowest BCUT2D eigenvalue weighted by Gasteiger charge is -2.08. The maximum Gasteiger partial charge on any atom is 0.356 e. The lowest BCUT2D eigenvalue weighted by molar-refractivity contribution is 0.0520. The summed E-state index contributed by atoms with van der Waals surface area (Å²) < 4.78 is 5.14. The molecule has 0 aliphatic rings. The van der Waals surface area contributed by atoms with Gasteiger partial charge in [-0.25, -0.2) is 9.78 Å². The van der Waals surface area contributed by atoms with E-state index in [4.69, 9.17) is 16.3 Å². The van der Waals surface area contributed by atoms with E-state index in [1.807, 2.05) is 48.5 Å². The third kappa shape index (κ3) is 2.65. The number of rotatable bonds is 3. The summed E-state index contributed by atoms with van der Waals surface area (Å²) in [6, 6.07) is 17.2. The topological polar surface area (TPSA) is 55.0 Å². The number of carbonyl (C=O) groups is 1. The Kier molecular flexibility index (Phi) is 3.90. The second kappa shape index (κ2) is 6.22. The number of benzene rings is 2. The second-order valence-electron chi connectivity index (χ2n) is 5.65. The van der Waals surface area contributed by atoms with Crippen molar-refractivity contribution in [3.63, 3.8) is 0 Å². The lowest BCUT2D eigenvalue weighted by Crippen LogP contribution is -2.07. The van der Waals surface area contributed by atoms with Gasteiger partial charge >= 0.3 is 5.97 Å². The number of fused-ring (bicyclic) bond motifs is 3. The smallest absolute Gasteiger partial charge is 0.356 e. The van der Waals surface area contributed by atoms with E-state index in [0.29, 0.717) is 17.3 Å². The van der Waals surface area contributed by atoms with Gasteiger partial charge in [-0.3, -0.25) is 0 Å². The molecule has 4 rings (SSSR count).